The van der Waals surface area contributed by atoms with E-state index in [1.807, 2.05) is 5.51 Å². The van der Waals surface area contributed by atoms with Crippen molar-refractivity contribution in [2.24, 2.45) is 16.7 Å². The van der Waals surface area contributed by atoms with Gasteiger partial charge in [-0.05, 0) is 23.3 Å². The van der Waals surface area contributed by atoms with Crippen LogP contribution in [0.3, 0.4) is 0 Å². The van der Waals surface area contributed by atoms with E-state index in [-0.39, 0.29) is 0 Å². The number of nitrogens with one attached hydrogen (secondary N) is 1. The maximum atomic E-state index is 4.26. The van der Waals surface area contributed by atoms with Gasteiger partial charge in [-0.2, -0.15) is 0 Å². The monoisotopic (exact) mass is 224 g/mol. The predicted molar refractivity (Wildman–Crippen MR) is 64.9 cm³/mol. The number of hydrogen-bond donors (Lipinski definition) is 1. The van der Waals surface area contributed by atoms with Crippen molar-refractivity contribution in [1.29, 1.82) is 0 Å². The lowest BCUT2D eigenvalue weighted by atomic mass is 10.0. The molecule has 0 atom stereocenters. The van der Waals surface area contributed by atoms with Crippen molar-refractivity contribution in [1.82, 2.24) is 10.3 Å². The van der Waals surface area contributed by atoms with Crippen LogP contribution in [0.2, 0.25) is 0 Å². The van der Waals surface area contributed by atoms with Crippen LogP contribution in [0.15, 0.2) is 10.9 Å². The van der Waals surface area contributed by atoms with Crippen molar-refractivity contribution >= 4 is 11.3 Å². The van der Waals surface area contributed by atoms with E-state index >= 15 is 0 Å². The van der Waals surface area contributed by atoms with Gasteiger partial charge in [0.1, 0.15) is 0 Å². The zero-order valence-electron chi connectivity index (χ0n) is 10.0. The molecule has 0 aromatic carbocycles. The van der Waals surface area contributed by atoms with Gasteiger partial charge in [0.25, 0.3) is 0 Å². The summed E-state index contributed by atoms with van der Waals surface area (Å²) < 4.78 is 0. The summed E-state index contributed by atoms with van der Waals surface area (Å²) in [7, 11) is 0. The van der Waals surface area contributed by atoms with Gasteiger partial charge in [0.2, 0.25) is 0 Å². The second-order valence-electron chi connectivity index (χ2n) is 5.61. The number of thiazole rings is 1. The SMILES string of the molecule is CC1(C)C(CNCc2cscn2)C1(C)C. The third kappa shape index (κ3) is 1.83. The van der Waals surface area contributed by atoms with E-state index in [0.717, 1.165) is 24.7 Å². The highest BCUT2D eigenvalue weighted by Crippen LogP contribution is 2.67. The van der Waals surface area contributed by atoms with E-state index < -0.39 is 0 Å². The highest BCUT2D eigenvalue weighted by Gasteiger charge is 2.63. The molecule has 1 fully saturated rings. The van der Waals surface area contributed by atoms with Gasteiger partial charge in [-0.15, -0.1) is 11.3 Å². The number of aromatic nitrogens is 1. The Hall–Kier alpha value is -0.410. The lowest BCUT2D eigenvalue weighted by Crippen LogP contribution is -2.18. The molecule has 1 aliphatic carbocycles. The van der Waals surface area contributed by atoms with Gasteiger partial charge in [-0.25, -0.2) is 4.98 Å². The molecule has 15 heavy (non-hydrogen) atoms. The molecule has 1 aromatic heterocycles. The highest BCUT2D eigenvalue weighted by molar-refractivity contribution is 7.07. The topological polar surface area (TPSA) is 24.9 Å². The van der Waals surface area contributed by atoms with E-state index in [1.54, 1.807) is 11.3 Å². The Kier molecular flexibility index (Phi) is 2.63. The molecule has 2 rings (SSSR count). The van der Waals surface area contributed by atoms with Gasteiger partial charge in [-0.1, -0.05) is 27.7 Å². The zero-order valence-corrected chi connectivity index (χ0v) is 10.8. The summed E-state index contributed by atoms with van der Waals surface area (Å²) in [6, 6.07) is 0. The highest BCUT2D eigenvalue weighted by atomic mass is 32.1. The zero-order chi connectivity index (χ0) is 11.1. The van der Waals surface area contributed by atoms with Crippen molar-refractivity contribution in [3.05, 3.63) is 16.6 Å². The Balaban J connectivity index is 1.77. The van der Waals surface area contributed by atoms with Crippen LogP contribution in [0.5, 0.6) is 0 Å². The lowest BCUT2D eigenvalue weighted by Gasteiger charge is -2.04. The standard InChI is InChI=1S/C12H20N2S/c1-11(2)10(12(11,3)4)6-13-5-9-7-15-8-14-9/h7-8,10,13H,5-6H2,1-4H3. The van der Waals surface area contributed by atoms with E-state index in [4.69, 9.17) is 0 Å². The van der Waals surface area contributed by atoms with E-state index in [9.17, 15) is 0 Å². The summed E-state index contributed by atoms with van der Waals surface area (Å²) in [6.45, 7) is 11.5. The second kappa shape index (κ2) is 3.56. The lowest BCUT2D eigenvalue weighted by molar-refractivity contribution is 0.457. The van der Waals surface area contributed by atoms with E-state index in [0.29, 0.717) is 10.8 Å². The first-order valence-corrected chi connectivity index (χ1v) is 6.48. The molecule has 1 saturated carbocycles. The maximum Gasteiger partial charge on any atom is 0.0795 e. The Labute approximate surface area is 96.1 Å². The fraction of sp³-hybridized carbons (Fsp3) is 0.750. The van der Waals surface area contributed by atoms with E-state index in [1.165, 1.54) is 0 Å². The fourth-order valence-corrected chi connectivity index (χ4v) is 3.07. The van der Waals surface area contributed by atoms with Gasteiger partial charge >= 0.3 is 0 Å². The summed E-state index contributed by atoms with van der Waals surface area (Å²) in [6.07, 6.45) is 0. The fourth-order valence-electron chi connectivity index (χ4n) is 2.51. The van der Waals surface area contributed by atoms with Crippen molar-refractivity contribution in [3.8, 4) is 0 Å². The summed E-state index contributed by atoms with van der Waals surface area (Å²) in [5.41, 5.74) is 4.03. The summed E-state index contributed by atoms with van der Waals surface area (Å²) in [5.74, 6) is 0.795. The summed E-state index contributed by atoms with van der Waals surface area (Å²) in [5, 5.41) is 5.61. The number of hydrogen-bond acceptors (Lipinski definition) is 3. The first-order chi connectivity index (χ1) is 6.96. The minimum Gasteiger partial charge on any atom is -0.311 e. The molecule has 0 aliphatic heterocycles. The van der Waals surface area contributed by atoms with Gasteiger partial charge in [0.05, 0.1) is 11.2 Å². The van der Waals surface area contributed by atoms with Gasteiger partial charge in [-0.3, -0.25) is 0 Å². The first-order valence-electron chi connectivity index (χ1n) is 5.54. The molecule has 1 N–H and O–H groups in total. The second-order valence-corrected chi connectivity index (χ2v) is 6.33. The molecule has 1 aromatic rings. The van der Waals surface area contributed by atoms with Crippen molar-refractivity contribution in [2.45, 2.75) is 34.2 Å². The third-order valence-electron chi connectivity index (χ3n) is 4.46. The quantitative estimate of drug-likeness (QED) is 0.850. The van der Waals surface area contributed by atoms with E-state index in [2.05, 4.69) is 43.4 Å². The normalized spacial score (nSPS) is 22.9. The first kappa shape index (κ1) is 11.1. The molecule has 0 unspecified atom stereocenters. The largest absolute Gasteiger partial charge is 0.311 e. The molecule has 84 valence electrons. The predicted octanol–water partition coefficient (Wildman–Crippen LogP) is 2.91. The number of nitrogens with zero attached hydrogens (tertiary/aromatic N) is 1. The van der Waals surface area contributed by atoms with Crippen LogP contribution in [-0.2, 0) is 6.54 Å². The molecule has 0 saturated heterocycles. The van der Waals surface area contributed by atoms with Crippen LogP contribution in [0, 0.1) is 16.7 Å². The third-order valence-corrected chi connectivity index (χ3v) is 5.09. The molecule has 1 aliphatic rings. The van der Waals surface area contributed by atoms with Crippen LogP contribution in [0.1, 0.15) is 33.4 Å². The van der Waals surface area contributed by atoms with Gasteiger partial charge in [0, 0.05) is 11.9 Å². The average Bonchev–Trinajstić information content (AvgIpc) is 2.62. The van der Waals surface area contributed by atoms with Crippen molar-refractivity contribution < 1.29 is 0 Å². The molecule has 0 radical (unpaired) electrons. The van der Waals surface area contributed by atoms with Gasteiger partial charge < -0.3 is 5.32 Å². The Bertz CT molecular complexity index is 313. The molecule has 0 spiro atoms. The summed E-state index contributed by atoms with van der Waals surface area (Å²) >= 11 is 1.66. The molecule has 2 nitrogen and oxygen atoms in total. The maximum absolute atomic E-state index is 4.26. The molecular formula is C12H20N2S. The Morgan fingerprint density at radius 1 is 1.33 bits per heavy atom. The van der Waals surface area contributed by atoms with Crippen molar-refractivity contribution in [2.75, 3.05) is 6.54 Å². The Morgan fingerprint density at radius 2 is 2.00 bits per heavy atom. The molecular weight excluding hydrogens is 204 g/mol. The molecule has 0 bridgehead atoms. The van der Waals surface area contributed by atoms with Crippen LogP contribution in [-0.4, -0.2) is 11.5 Å². The van der Waals surface area contributed by atoms with Crippen LogP contribution in [0.4, 0.5) is 0 Å². The minimum atomic E-state index is 0.488. The average molecular weight is 224 g/mol. The minimum absolute atomic E-state index is 0.488. The molecule has 1 heterocycles. The van der Waals surface area contributed by atoms with Crippen molar-refractivity contribution in [3.63, 3.8) is 0 Å². The van der Waals surface area contributed by atoms with Gasteiger partial charge in [0.15, 0.2) is 0 Å². The number of rotatable bonds is 4. The van der Waals surface area contributed by atoms with Crippen LogP contribution >= 0.6 is 11.3 Å². The molecule has 3 heteroatoms. The van der Waals surface area contributed by atoms with Crippen LogP contribution < -0.4 is 5.32 Å². The smallest absolute Gasteiger partial charge is 0.0795 e. The Morgan fingerprint density at radius 3 is 2.47 bits per heavy atom. The summed E-state index contributed by atoms with van der Waals surface area (Å²) in [4.78, 5) is 4.26. The molecule has 0 amide bonds. The van der Waals surface area contributed by atoms with Crippen LogP contribution in [0.25, 0.3) is 0 Å².